The maximum atomic E-state index is 12.2. The summed E-state index contributed by atoms with van der Waals surface area (Å²) in [5.74, 6) is -0.599. The van der Waals surface area contributed by atoms with Crippen molar-refractivity contribution in [2.75, 3.05) is 26.4 Å². The number of carbonyl (C=O) groups excluding carboxylic acids is 2. The van der Waals surface area contributed by atoms with Crippen LogP contribution in [-0.4, -0.2) is 51.9 Å². The van der Waals surface area contributed by atoms with Crippen molar-refractivity contribution in [2.45, 2.75) is 105 Å². The Hall–Kier alpha value is -1.28. The Kier molecular flexibility index (Phi) is 18.3. The molecular weight excluding hydrogens is 434 g/mol. The summed E-state index contributed by atoms with van der Waals surface area (Å²) in [6.07, 6.45) is 11.4. The van der Waals surface area contributed by atoms with E-state index < -0.39 is 8.80 Å². The minimum absolute atomic E-state index is 0.299. The lowest BCUT2D eigenvalue weighted by Gasteiger charge is -2.28. The summed E-state index contributed by atoms with van der Waals surface area (Å²) in [5, 5.41) is 0. The third-order valence-electron chi connectivity index (χ3n) is 5.43. The summed E-state index contributed by atoms with van der Waals surface area (Å²) >= 11 is 0. The van der Waals surface area contributed by atoms with Crippen LogP contribution in [0.4, 0.5) is 0 Å². The second kappa shape index (κ2) is 19.1. The van der Waals surface area contributed by atoms with Crippen LogP contribution in [0.3, 0.4) is 0 Å². The first kappa shape index (κ1) is 31.7. The third kappa shape index (κ3) is 13.9. The Morgan fingerprint density at radius 3 is 1.30 bits per heavy atom. The summed E-state index contributed by atoms with van der Waals surface area (Å²) in [4.78, 5) is 25.7. The van der Waals surface area contributed by atoms with Gasteiger partial charge >= 0.3 is 8.80 Å². The number of hydrogen-bond donors (Lipinski definition) is 0. The number of unbranched alkanes of at least 4 members (excludes halogenated alkanes) is 9. The molecule has 6 nitrogen and oxygen atoms in total. The minimum atomic E-state index is -2.48. The van der Waals surface area contributed by atoms with Gasteiger partial charge in [-0.05, 0) is 47.5 Å². The maximum Gasteiger partial charge on any atom is 0.500 e. The normalized spacial score (nSPS) is 11.4. The largest absolute Gasteiger partial charge is 0.500 e. The van der Waals surface area contributed by atoms with Gasteiger partial charge in [0.15, 0.2) is 0 Å². The van der Waals surface area contributed by atoms with Crippen molar-refractivity contribution in [3.8, 4) is 0 Å². The number of hydrogen-bond acceptors (Lipinski definition) is 5. The lowest BCUT2D eigenvalue weighted by Crippen LogP contribution is -2.45. The standard InChI is InChI=1S/C26H49NO5Si/c1-8-30-33(31-9-2,32-10-3)22-20-18-16-14-12-11-13-15-17-19-21-27(25(28)23(4)5)26(29)24(6)7/h4,6,8-22H2,1-3,5,7H3. The fourth-order valence-corrected chi connectivity index (χ4v) is 6.47. The van der Waals surface area contributed by atoms with E-state index in [9.17, 15) is 9.59 Å². The number of carbonyl (C=O) groups is 2. The molecule has 7 heteroatoms. The minimum Gasteiger partial charge on any atom is -0.374 e. The lowest BCUT2D eigenvalue weighted by molar-refractivity contribution is -0.140. The van der Waals surface area contributed by atoms with E-state index in [2.05, 4.69) is 13.2 Å². The van der Waals surface area contributed by atoms with E-state index in [-0.39, 0.29) is 11.8 Å². The first-order valence-corrected chi connectivity index (χ1v) is 14.8. The van der Waals surface area contributed by atoms with Crippen LogP contribution in [0.5, 0.6) is 0 Å². The van der Waals surface area contributed by atoms with Gasteiger partial charge in [-0.25, -0.2) is 0 Å². The predicted octanol–water partition coefficient (Wildman–Crippen LogP) is 6.44. The Morgan fingerprint density at radius 1 is 0.636 bits per heavy atom. The number of imide groups is 1. The van der Waals surface area contributed by atoms with Crippen LogP contribution in [0.15, 0.2) is 24.3 Å². The molecule has 192 valence electrons. The SMILES string of the molecule is C=C(C)C(=O)N(CCCCCCCCCCCC[Si](OCC)(OCC)OCC)C(=O)C(=C)C. The van der Waals surface area contributed by atoms with Crippen molar-refractivity contribution in [1.29, 1.82) is 0 Å². The van der Waals surface area contributed by atoms with Crippen molar-refractivity contribution in [1.82, 2.24) is 4.90 Å². The molecule has 0 fully saturated rings. The lowest BCUT2D eigenvalue weighted by atomic mass is 10.1. The van der Waals surface area contributed by atoms with Crippen LogP contribution in [0.2, 0.25) is 6.04 Å². The van der Waals surface area contributed by atoms with Crippen LogP contribution < -0.4 is 0 Å². The zero-order valence-electron chi connectivity index (χ0n) is 22.0. The number of rotatable bonds is 21. The van der Waals surface area contributed by atoms with Gasteiger partial charge in [-0.1, -0.05) is 64.5 Å². The molecule has 0 saturated carbocycles. The maximum absolute atomic E-state index is 12.2. The molecule has 0 spiro atoms. The Balaban J connectivity index is 3.95. The monoisotopic (exact) mass is 483 g/mol. The van der Waals surface area contributed by atoms with E-state index in [1.54, 1.807) is 13.8 Å². The first-order valence-electron chi connectivity index (χ1n) is 12.8. The number of amides is 2. The van der Waals surface area contributed by atoms with E-state index >= 15 is 0 Å². The van der Waals surface area contributed by atoms with Gasteiger partial charge in [0, 0.05) is 43.6 Å². The molecule has 0 N–H and O–H groups in total. The second-order valence-corrected chi connectivity index (χ2v) is 11.3. The average molecular weight is 484 g/mol. The fraction of sp³-hybridized carbons (Fsp3) is 0.769. The van der Waals surface area contributed by atoms with Crippen molar-refractivity contribution in [3.05, 3.63) is 24.3 Å². The Bertz CT molecular complexity index is 550. The summed E-state index contributed by atoms with van der Waals surface area (Å²) < 4.78 is 17.7. The molecule has 0 atom stereocenters. The highest BCUT2D eigenvalue weighted by Crippen LogP contribution is 2.21. The summed E-state index contributed by atoms with van der Waals surface area (Å²) in [6.45, 7) is 19.0. The zero-order valence-corrected chi connectivity index (χ0v) is 23.0. The molecule has 0 aliphatic heterocycles. The molecule has 0 rings (SSSR count). The second-order valence-electron chi connectivity index (χ2n) is 8.59. The van der Waals surface area contributed by atoms with Gasteiger partial charge in [-0.3, -0.25) is 14.5 Å². The summed E-state index contributed by atoms with van der Waals surface area (Å²) in [7, 11) is -2.48. The molecule has 0 saturated heterocycles. The molecule has 0 aliphatic carbocycles. The van der Waals surface area contributed by atoms with Crippen LogP contribution in [0.1, 0.15) is 98.8 Å². The molecule has 33 heavy (non-hydrogen) atoms. The molecule has 0 aromatic carbocycles. The molecular formula is C26H49NO5Si. The third-order valence-corrected chi connectivity index (χ3v) is 8.58. The van der Waals surface area contributed by atoms with Crippen LogP contribution >= 0.6 is 0 Å². The van der Waals surface area contributed by atoms with E-state index in [4.69, 9.17) is 13.3 Å². The molecule has 0 aliphatic rings. The molecule has 0 radical (unpaired) electrons. The molecule has 0 unspecified atom stereocenters. The van der Waals surface area contributed by atoms with Crippen LogP contribution in [0.25, 0.3) is 0 Å². The van der Waals surface area contributed by atoms with Crippen LogP contribution in [-0.2, 0) is 22.9 Å². The highest BCUT2D eigenvalue weighted by Gasteiger charge is 2.39. The summed E-state index contributed by atoms with van der Waals surface area (Å²) in [6, 6.07) is 0.904. The van der Waals surface area contributed by atoms with Gasteiger partial charge in [0.25, 0.3) is 11.8 Å². The van der Waals surface area contributed by atoms with Crippen molar-refractivity contribution in [2.24, 2.45) is 0 Å². The first-order chi connectivity index (χ1) is 15.7. The van der Waals surface area contributed by atoms with E-state index in [0.29, 0.717) is 37.5 Å². The summed E-state index contributed by atoms with van der Waals surface area (Å²) in [5.41, 5.74) is 0.762. The van der Waals surface area contributed by atoms with Gasteiger partial charge in [0.2, 0.25) is 0 Å². The van der Waals surface area contributed by atoms with E-state index in [0.717, 1.165) is 31.7 Å². The number of nitrogens with zero attached hydrogens (tertiary/aromatic N) is 1. The highest BCUT2D eigenvalue weighted by atomic mass is 28.4. The van der Waals surface area contributed by atoms with E-state index in [1.165, 1.54) is 43.4 Å². The molecule has 0 heterocycles. The molecule has 0 bridgehead atoms. The molecule has 2 amide bonds. The van der Waals surface area contributed by atoms with E-state index in [1.807, 2.05) is 20.8 Å². The van der Waals surface area contributed by atoms with Gasteiger partial charge in [0.1, 0.15) is 0 Å². The predicted molar refractivity (Wildman–Crippen MR) is 138 cm³/mol. The van der Waals surface area contributed by atoms with Crippen molar-refractivity contribution < 1.29 is 22.9 Å². The topological polar surface area (TPSA) is 65.1 Å². The van der Waals surface area contributed by atoms with Gasteiger partial charge in [-0.2, -0.15) is 0 Å². The fourth-order valence-electron chi connectivity index (χ4n) is 3.78. The molecule has 0 aromatic heterocycles. The highest BCUT2D eigenvalue weighted by molar-refractivity contribution is 6.60. The van der Waals surface area contributed by atoms with Gasteiger partial charge in [0.05, 0.1) is 0 Å². The zero-order chi connectivity index (χ0) is 25.1. The van der Waals surface area contributed by atoms with Crippen LogP contribution in [0, 0.1) is 0 Å². The van der Waals surface area contributed by atoms with Crippen molar-refractivity contribution >= 4 is 20.6 Å². The smallest absolute Gasteiger partial charge is 0.374 e. The quantitative estimate of drug-likeness (QED) is 0.107. The Labute approximate surface area is 204 Å². The van der Waals surface area contributed by atoms with Gasteiger partial charge in [-0.15, -0.1) is 0 Å². The molecule has 0 aromatic rings. The van der Waals surface area contributed by atoms with Gasteiger partial charge < -0.3 is 13.3 Å². The Morgan fingerprint density at radius 2 is 0.970 bits per heavy atom. The van der Waals surface area contributed by atoms with Crippen molar-refractivity contribution in [3.63, 3.8) is 0 Å². The average Bonchev–Trinajstić information content (AvgIpc) is 2.76.